The molecule has 0 aromatic heterocycles. The highest BCUT2D eigenvalue weighted by Gasteiger charge is 2.58. The van der Waals surface area contributed by atoms with Crippen LogP contribution in [0.4, 0.5) is 13.2 Å². The van der Waals surface area contributed by atoms with Gasteiger partial charge in [0, 0.05) is 0 Å². The molecule has 1 aliphatic rings. The third kappa shape index (κ3) is 1.52. The van der Waals surface area contributed by atoms with Crippen molar-refractivity contribution in [2.45, 2.75) is 31.5 Å². The molecule has 1 N–H and O–H groups in total. The number of rotatable bonds is 2. The smallest absolute Gasteiger partial charge is 0.300 e. The van der Waals surface area contributed by atoms with Gasteiger partial charge in [-0.2, -0.15) is 13.2 Å². The summed E-state index contributed by atoms with van der Waals surface area (Å²) in [5, 5.41) is 2.63. The van der Waals surface area contributed by atoms with E-state index in [4.69, 9.17) is 0 Å². The molecule has 0 fully saturated rings. The van der Waals surface area contributed by atoms with Gasteiger partial charge in [0.25, 0.3) is 0 Å². The fraction of sp³-hybridized carbons (Fsp3) is 0.500. The Kier molecular flexibility index (Phi) is 2.70. The zero-order valence-electron chi connectivity index (χ0n) is 9.06. The Labute approximate surface area is 92.7 Å². The summed E-state index contributed by atoms with van der Waals surface area (Å²) in [6, 6.07) is 6.82. The maximum atomic E-state index is 13.2. The van der Waals surface area contributed by atoms with E-state index in [9.17, 15) is 13.2 Å². The first-order valence-electron chi connectivity index (χ1n) is 5.41. The minimum absolute atomic E-state index is 0.101. The second-order valence-electron chi connectivity index (χ2n) is 4.09. The molecule has 0 amide bonds. The van der Waals surface area contributed by atoms with Gasteiger partial charge in [-0.1, -0.05) is 31.2 Å². The molecule has 0 radical (unpaired) electrons. The number of aryl methyl sites for hydroxylation is 1. The van der Waals surface area contributed by atoms with E-state index in [-0.39, 0.29) is 6.42 Å². The number of benzene rings is 1. The van der Waals surface area contributed by atoms with E-state index in [0.29, 0.717) is 18.5 Å². The number of fused-ring (bicyclic) bond motifs is 1. The van der Waals surface area contributed by atoms with Crippen molar-refractivity contribution >= 4 is 0 Å². The predicted molar refractivity (Wildman–Crippen MR) is 56.2 cm³/mol. The first-order chi connectivity index (χ1) is 7.51. The molecule has 1 nitrogen and oxygen atoms in total. The largest absolute Gasteiger partial charge is 0.410 e. The van der Waals surface area contributed by atoms with Crippen LogP contribution in [0, 0.1) is 0 Å². The van der Waals surface area contributed by atoms with Gasteiger partial charge in [0.05, 0.1) is 0 Å². The molecular weight excluding hydrogens is 215 g/mol. The molecule has 1 aromatic rings. The zero-order valence-corrected chi connectivity index (χ0v) is 9.06. The Morgan fingerprint density at radius 3 is 2.62 bits per heavy atom. The minimum Gasteiger partial charge on any atom is -0.300 e. The molecule has 0 bridgehead atoms. The summed E-state index contributed by atoms with van der Waals surface area (Å²) in [6.07, 6.45) is -3.65. The normalized spacial score (nSPS) is 24.5. The van der Waals surface area contributed by atoms with Crippen LogP contribution in [0.2, 0.25) is 0 Å². The van der Waals surface area contributed by atoms with Crippen molar-refractivity contribution in [1.29, 1.82) is 0 Å². The van der Waals surface area contributed by atoms with E-state index in [1.54, 1.807) is 31.2 Å². The quantitative estimate of drug-likeness (QED) is 0.822. The van der Waals surface area contributed by atoms with Gasteiger partial charge < -0.3 is 5.32 Å². The van der Waals surface area contributed by atoms with Gasteiger partial charge in [0.1, 0.15) is 5.54 Å². The fourth-order valence-corrected chi connectivity index (χ4v) is 2.49. The second-order valence-corrected chi connectivity index (χ2v) is 4.09. The summed E-state index contributed by atoms with van der Waals surface area (Å²) < 4.78 is 39.7. The van der Waals surface area contributed by atoms with E-state index >= 15 is 0 Å². The Bertz CT molecular complexity index is 382. The summed E-state index contributed by atoms with van der Waals surface area (Å²) in [7, 11) is 0. The van der Waals surface area contributed by atoms with E-state index in [1.807, 2.05) is 0 Å². The molecule has 1 atom stereocenters. The lowest BCUT2D eigenvalue weighted by Crippen LogP contribution is -2.52. The number of alkyl halides is 3. The van der Waals surface area contributed by atoms with Crippen molar-refractivity contribution in [2.24, 2.45) is 0 Å². The Balaban J connectivity index is 2.51. The zero-order chi connectivity index (χ0) is 11.8. The van der Waals surface area contributed by atoms with Crippen LogP contribution < -0.4 is 5.32 Å². The summed E-state index contributed by atoms with van der Waals surface area (Å²) >= 11 is 0. The highest BCUT2D eigenvalue weighted by Crippen LogP contribution is 2.47. The lowest BCUT2D eigenvalue weighted by Gasteiger charge is -2.33. The van der Waals surface area contributed by atoms with E-state index < -0.39 is 11.7 Å². The SMILES string of the molecule is CCNC1(C(F)(F)F)CCc2ccccc21. The molecule has 0 aliphatic heterocycles. The van der Waals surface area contributed by atoms with Crippen molar-refractivity contribution in [3.63, 3.8) is 0 Å². The van der Waals surface area contributed by atoms with Gasteiger partial charge in [-0.3, -0.25) is 0 Å². The van der Waals surface area contributed by atoms with Crippen LogP contribution in [-0.4, -0.2) is 12.7 Å². The van der Waals surface area contributed by atoms with Gasteiger partial charge in [-0.25, -0.2) is 0 Å². The third-order valence-corrected chi connectivity index (χ3v) is 3.21. The summed E-state index contributed by atoms with van der Waals surface area (Å²) in [6.45, 7) is 2.02. The molecule has 0 spiro atoms. The first kappa shape index (κ1) is 11.5. The molecule has 0 saturated heterocycles. The second kappa shape index (κ2) is 3.77. The van der Waals surface area contributed by atoms with Crippen molar-refractivity contribution < 1.29 is 13.2 Å². The Hall–Kier alpha value is -1.03. The van der Waals surface area contributed by atoms with E-state index in [2.05, 4.69) is 5.32 Å². The van der Waals surface area contributed by atoms with Crippen LogP contribution in [0.5, 0.6) is 0 Å². The van der Waals surface area contributed by atoms with Crippen LogP contribution in [0.1, 0.15) is 24.5 Å². The van der Waals surface area contributed by atoms with Crippen LogP contribution >= 0.6 is 0 Å². The molecule has 1 aliphatic carbocycles. The van der Waals surface area contributed by atoms with Crippen molar-refractivity contribution in [2.75, 3.05) is 6.54 Å². The number of halogens is 3. The molecule has 4 heteroatoms. The Morgan fingerprint density at radius 1 is 1.31 bits per heavy atom. The summed E-state index contributed by atoms with van der Waals surface area (Å²) in [5.41, 5.74) is -0.636. The highest BCUT2D eigenvalue weighted by atomic mass is 19.4. The predicted octanol–water partition coefficient (Wildman–Crippen LogP) is 3.00. The molecule has 0 saturated carbocycles. The fourth-order valence-electron chi connectivity index (χ4n) is 2.49. The molecule has 1 aromatic carbocycles. The maximum absolute atomic E-state index is 13.2. The summed E-state index contributed by atoms with van der Waals surface area (Å²) in [5.74, 6) is 0. The number of nitrogens with one attached hydrogen (secondary N) is 1. The molecule has 0 heterocycles. The van der Waals surface area contributed by atoms with Crippen LogP contribution in [-0.2, 0) is 12.0 Å². The lowest BCUT2D eigenvalue weighted by atomic mass is 9.91. The average Bonchev–Trinajstić information content (AvgIpc) is 2.59. The first-order valence-corrected chi connectivity index (χ1v) is 5.41. The van der Waals surface area contributed by atoms with Gasteiger partial charge in [0.15, 0.2) is 0 Å². The molecule has 1 unspecified atom stereocenters. The summed E-state index contributed by atoms with van der Waals surface area (Å²) in [4.78, 5) is 0. The lowest BCUT2D eigenvalue weighted by molar-refractivity contribution is -0.200. The molecule has 16 heavy (non-hydrogen) atoms. The standard InChI is InChI=1S/C12H14F3N/c1-2-16-11(12(13,14)15)8-7-9-5-3-4-6-10(9)11/h3-6,16H,2,7-8H2,1H3. The van der Waals surface area contributed by atoms with Crippen LogP contribution in [0.3, 0.4) is 0 Å². The van der Waals surface area contributed by atoms with E-state index in [1.165, 1.54) is 0 Å². The minimum atomic E-state index is -4.24. The maximum Gasteiger partial charge on any atom is 0.410 e. The van der Waals surface area contributed by atoms with Gasteiger partial charge in [-0.05, 0) is 30.5 Å². The molecule has 2 rings (SSSR count). The molecular formula is C12H14F3N. The van der Waals surface area contributed by atoms with Gasteiger partial charge >= 0.3 is 6.18 Å². The van der Waals surface area contributed by atoms with Crippen LogP contribution in [0.25, 0.3) is 0 Å². The van der Waals surface area contributed by atoms with Crippen molar-refractivity contribution in [3.05, 3.63) is 35.4 Å². The topological polar surface area (TPSA) is 12.0 Å². The van der Waals surface area contributed by atoms with Gasteiger partial charge in [0.2, 0.25) is 0 Å². The molecule has 88 valence electrons. The monoisotopic (exact) mass is 229 g/mol. The van der Waals surface area contributed by atoms with Crippen LogP contribution in [0.15, 0.2) is 24.3 Å². The Morgan fingerprint density at radius 2 is 2.00 bits per heavy atom. The van der Waals surface area contributed by atoms with E-state index in [0.717, 1.165) is 5.56 Å². The number of hydrogen-bond donors (Lipinski definition) is 1. The van der Waals surface area contributed by atoms with Gasteiger partial charge in [-0.15, -0.1) is 0 Å². The number of hydrogen-bond acceptors (Lipinski definition) is 1. The highest BCUT2D eigenvalue weighted by molar-refractivity contribution is 5.40. The van der Waals surface area contributed by atoms with Crippen molar-refractivity contribution in [1.82, 2.24) is 5.32 Å². The third-order valence-electron chi connectivity index (χ3n) is 3.21. The van der Waals surface area contributed by atoms with Crippen molar-refractivity contribution in [3.8, 4) is 0 Å². The average molecular weight is 229 g/mol.